The van der Waals surface area contributed by atoms with E-state index in [0.29, 0.717) is 32.0 Å². The molecular weight excluding hydrogens is 492 g/mol. The van der Waals surface area contributed by atoms with Gasteiger partial charge in [0.25, 0.3) is 0 Å². The minimum atomic E-state index is -0.151. The van der Waals surface area contributed by atoms with Gasteiger partial charge in [0.15, 0.2) is 0 Å². The molecule has 1 unspecified atom stereocenters. The van der Waals surface area contributed by atoms with E-state index in [1.54, 1.807) is 12.1 Å². The highest BCUT2D eigenvalue weighted by atomic mass is 16.5. The number of nitrogens with one attached hydrogen (secondary N) is 2. The van der Waals surface area contributed by atoms with Gasteiger partial charge in [0.05, 0.1) is 31.5 Å². The van der Waals surface area contributed by atoms with Crippen LogP contribution in [0.1, 0.15) is 55.7 Å². The molecule has 214 valence electrons. The first-order valence-electron chi connectivity index (χ1n) is 14.3. The van der Waals surface area contributed by atoms with Crippen LogP contribution >= 0.6 is 0 Å². The second kappa shape index (κ2) is 15.6. The van der Waals surface area contributed by atoms with E-state index >= 15 is 0 Å². The van der Waals surface area contributed by atoms with Crippen LogP contribution in [0.2, 0.25) is 0 Å². The summed E-state index contributed by atoms with van der Waals surface area (Å²) in [6, 6.07) is 11.1. The van der Waals surface area contributed by atoms with Gasteiger partial charge in [-0.2, -0.15) is 0 Å². The number of aromatic hydroxyl groups is 1. The minimum Gasteiger partial charge on any atom is -0.506 e. The summed E-state index contributed by atoms with van der Waals surface area (Å²) in [6.07, 6.45) is 5.03. The zero-order chi connectivity index (χ0) is 28.2. The van der Waals surface area contributed by atoms with E-state index in [-0.39, 0.29) is 30.2 Å². The lowest BCUT2D eigenvalue weighted by molar-refractivity contribution is -0.122. The summed E-state index contributed by atoms with van der Waals surface area (Å²) in [7, 11) is 0. The van der Waals surface area contributed by atoms with Gasteiger partial charge in [-0.25, -0.2) is 0 Å². The lowest BCUT2D eigenvalue weighted by atomic mass is 10.0. The van der Waals surface area contributed by atoms with E-state index < -0.39 is 0 Å². The number of ether oxygens (including phenoxy) is 1. The van der Waals surface area contributed by atoms with Crippen LogP contribution in [-0.4, -0.2) is 78.7 Å². The van der Waals surface area contributed by atoms with Crippen molar-refractivity contribution in [1.29, 1.82) is 0 Å². The Bertz CT molecular complexity index is 1050. The van der Waals surface area contributed by atoms with Gasteiger partial charge in [0.1, 0.15) is 5.75 Å². The summed E-state index contributed by atoms with van der Waals surface area (Å²) >= 11 is 0. The first-order chi connectivity index (χ1) is 18.8. The van der Waals surface area contributed by atoms with Crippen molar-refractivity contribution in [2.75, 3.05) is 56.6 Å². The standard InChI is InChI=1S/C31H46N4O4/c1-5-6-16-34(22-28(37)32-30-25(4)13-10-15-27(30)36)18-20-39-21-19-35-17-8-7-14-26(35)31(38)33-29-23(2)11-9-12-24(29)3/h9-13,15,26,36H,5-8,14,16-22H2,1-4H3,(H,32,37)(H,33,38). The monoisotopic (exact) mass is 538 g/mol. The van der Waals surface area contributed by atoms with Crippen LogP contribution in [0.25, 0.3) is 0 Å². The molecule has 3 N–H and O–H groups in total. The molecule has 0 saturated carbocycles. The van der Waals surface area contributed by atoms with Crippen molar-refractivity contribution in [1.82, 2.24) is 9.80 Å². The van der Waals surface area contributed by atoms with Crippen LogP contribution in [0, 0.1) is 20.8 Å². The highest BCUT2D eigenvalue weighted by Crippen LogP contribution is 2.26. The molecule has 1 aliphatic heterocycles. The number of aryl methyl sites for hydroxylation is 3. The molecule has 0 spiro atoms. The second-order valence-corrected chi connectivity index (χ2v) is 10.6. The first-order valence-corrected chi connectivity index (χ1v) is 14.3. The van der Waals surface area contributed by atoms with E-state index in [4.69, 9.17) is 4.74 Å². The number of phenolic OH excluding ortho intramolecular Hbond substituents is 1. The van der Waals surface area contributed by atoms with Gasteiger partial charge in [-0.15, -0.1) is 0 Å². The van der Waals surface area contributed by atoms with Gasteiger partial charge in [-0.1, -0.05) is 50.1 Å². The van der Waals surface area contributed by atoms with Crippen LogP contribution in [-0.2, 0) is 14.3 Å². The third-order valence-corrected chi connectivity index (χ3v) is 7.43. The lowest BCUT2D eigenvalue weighted by Crippen LogP contribution is -2.48. The number of phenols is 1. The van der Waals surface area contributed by atoms with Gasteiger partial charge in [0.2, 0.25) is 11.8 Å². The van der Waals surface area contributed by atoms with Crippen LogP contribution < -0.4 is 10.6 Å². The molecule has 0 aromatic heterocycles. The van der Waals surface area contributed by atoms with Crippen molar-refractivity contribution in [2.45, 2.75) is 65.8 Å². The molecule has 1 fully saturated rings. The van der Waals surface area contributed by atoms with Gasteiger partial charge >= 0.3 is 0 Å². The Kier molecular flexibility index (Phi) is 12.2. The molecule has 1 aliphatic rings. The van der Waals surface area contributed by atoms with Crippen molar-refractivity contribution < 1.29 is 19.4 Å². The van der Waals surface area contributed by atoms with E-state index in [1.807, 2.05) is 45.0 Å². The van der Waals surface area contributed by atoms with E-state index in [9.17, 15) is 14.7 Å². The fourth-order valence-corrected chi connectivity index (χ4v) is 5.10. The Labute approximate surface area is 233 Å². The smallest absolute Gasteiger partial charge is 0.241 e. The fraction of sp³-hybridized carbons (Fsp3) is 0.548. The van der Waals surface area contributed by atoms with Crippen LogP contribution in [0.15, 0.2) is 36.4 Å². The van der Waals surface area contributed by atoms with Crippen molar-refractivity contribution >= 4 is 23.2 Å². The predicted octanol–water partition coefficient (Wildman–Crippen LogP) is 4.87. The SMILES string of the molecule is CCCCN(CCOCCN1CCCCC1C(=O)Nc1c(C)cccc1C)CC(=O)Nc1c(C)cccc1O. The molecule has 3 rings (SSSR count). The number of carbonyl (C=O) groups is 2. The Balaban J connectivity index is 1.46. The summed E-state index contributed by atoms with van der Waals surface area (Å²) in [6.45, 7) is 12.4. The summed E-state index contributed by atoms with van der Waals surface area (Å²) < 4.78 is 5.98. The van der Waals surface area contributed by atoms with Gasteiger partial charge in [-0.05, 0) is 75.9 Å². The summed E-state index contributed by atoms with van der Waals surface area (Å²) in [4.78, 5) is 30.2. The number of benzene rings is 2. The highest BCUT2D eigenvalue weighted by Gasteiger charge is 2.29. The normalized spacial score (nSPS) is 15.9. The molecule has 0 bridgehead atoms. The number of unbranched alkanes of at least 4 members (excludes halogenated alkanes) is 1. The number of piperidine rings is 1. The molecular formula is C31H46N4O4. The zero-order valence-corrected chi connectivity index (χ0v) is 24.1. The van der Waals surface area contributed by atoms with E-state index in [1.165, 1.54) is 0 Å². The topological polar surface area (TPSA) is 94.1 Å². The number of nitrogens with zero attached hydrogens (tertiary/aromatic N) is 2. The van der Waals surface area contributed by atoms with Crippen LogP contribution in [0.4, 0.5) is 11.4 Å². The quantitative estimate of drug-likeness (QED) is 0.235. The number of amides is 2. The second-order valence-electron chi connectivity index (χ2n) is 10.6. The number of carbonyl (C=O) groups excluding carboxylic acids is 2. The Morgan fingerprint density at radius 1 is 0.974 bits per heavy atom. The summed E-state index contributed by atoms with van der Waals surface area (Å²) in [5.74, 6) is -0.0177. The zero-order valence-electron chi connectivity index (χ0n) is 24.1. The molecule has 0 radical (unpaired) electrons. The third kappa shape index (κ3) is 9.34. The molecule has 39 heavy (non-hydrogen) atoms. The Morgan fingerprint density at radius 2 is 1.67 bits per heavy atom. The molecule has 8 nitrogen and oxygen atoms in total. The summed E-state index contributed by atoms with van der Waals surface area (Å²) in [5.41, 5.74) is 4.35. The van der Waals surface area contributed by atoms with E-state index in [0.717, 1.165) is 67.6 Å². The highest BCUT2D eigenvalue weighted by molar-refractivity contribution is 5.96. The Hall–Kier alpha value is -2.94. The van der Waals surface area contributed by atoms with Crippen LogP contribution in [0.5, 0.6) is 5.75 Å². The number of hydrogen-bond donors (Lipinski definition) is 3. The van der Waals surface area contributed by atoms with Gasteiger partial charge < -0.3 is 20.5 Å². The largest absolute Gasteiger partial charge is 0.506 e. The third-order valence-electron chi connectivity index (χ3n) is 7.43. The maximum absolute atomic E-state index is 13.2. The molecule has 1 saturated heterocycles. The molecule has 1 atom stereocenters. The number of hydrogen-bond acceptors (Lipinski definition) is 6. The van der Waals surface area contributed by atoms with Crippen LogP contribution in [0.3, 0.4) is 0 Å². The number of anilines is 2. The van der Waals surface area contributed by atoms with Gasteiger partial charge in [0, 0.05) is 18.8 Å². The predicted molar refractivity (Wildman–Crippen MR) is 157 cm³/mol. The average molecular weight is 539 g/mol. The average Bonchev–Trinajstić information content (AvgIpc) is 2.91. The maximum Gasteiger partial charge on any atom is 0.241 e. The number of para-hydroxylation sites is 2. The molecule has 1 heterocycles. The fourth-order valence-electron chi connectivity index (χ4n) is 5.10. The minimum absolute atomic E-state index is 0.0588. The van der Waals surface area contributed by atoms with Gasteiger partial charge in [-0.3, -0.25) is 19.4 Å². The lowest BCUT2D eigenvalue weighted by Gasteiger charge is -2.34. The van der Waals surface area contributed by atoms with Crippen molar-refractivity contribution in [2.24, 2.45) is 0 Å². The molecule has 8 heteroatoms. The van der Waals surface area contributed by atoms with Crippen molar-refractivity contribution in [3.63, 3.8) is 0 Å². The molecule has 0 aliphatic carbocycles. The number of likely N-dealkylation sites (tertiary alicyclic amines) is 1. The van der Waals surface area contributed by atoms with Crippen molar-refractivity contribution in [3.8, 4) is 5.75 Å². The summed E-state index contributed by atoms with van der Waals surface area (Å²) in [5, 5.41) is 16.1. The first kappa shape index (κ1) is 30.6. The van der Waals surface area contributed by atoms with Crippen molar-refractivity contribution in [3.05, 3.63) is 53.1 Å². The Morgan fingerprint density at radius 3 is 2.36 bits per heavy atom. The number of rotatable bonds is 14. The molecule has 2 amide bonds. The van der Waals surface area contributed by atoms with E-state index in [2.05, 4.69) is 27.4 Å². The molecule has 2 aromatic rings. The molecule has 2 aromatic carbocycles. The maximum atomic E-state index is 13.2.